The predicted molar refractivity (Wildman–Crippen MR) is 72.7 cm³/mol. The highest BCUT2D eigenvalue weighted by molar-refractivity contribution is 7.16. The Morgan fingerprint density at radius 3 is 3.05 bits per heavy atom. The molecule has 0 amide bonds. The predicted octanol–water partition coefficient (Wildman–Crippen LogP) is 1.63. The third-order valence-corrected chi connectivity index (χ3v) is 3.25. The van der Waals surface area contributed by atoms with Crippen molar-refractivity contribution < 1.29 is 14.8 Å². The summed E-state index contributed by atoms with van der Waals surface area (Å²) in [7, 11) is 0. The summed E-state index contributed by atoms with van der Waals surface area (Å²) in [6.45, 7) is 1.02. The fraction of sp³-hybridized carbons (Fsp3) is 0.364. The summed E-state index contributed by atoms with van der Waals surface area (Å²) in [4.78, 5) is 14.7. The van der Waals surface area contributed by atoms with Crippen LogP contribution in [0.25, 0.3) is 10.2 Å². The summed E-state index contributed by atoms with van der Waals surface area (Å²) in [6.07, 6.45) is 0. The highest BCUT2D eigenvalue weighted by Gasteiger charge is 2.20. The summed E-state index contributed by atoms with van der Waals surface area (Å²) < 4.78 is 5.87. The van der Waals surface area contributed by atoms with Gasteiger partial charge in [0, 0.05) is 6.54 Å². The van der Waals surface area contributed by atoms with Gasteiger partial charge in [-0.2, -0.15) is 0 Å². The molecule has 1 heterocycles. The number of rotatable bonds is 7. The van der Waals surface area contributed by atoms with E-state index in [2.05, 4.69) is 10.3 Å². The van der Waals surface area contributed by atoms with Gasteiger partial charge in [-0.1, -0.05) is 0 Å². The van der Waals surface area contributed by atoms with Crippen LogP contribution >= 0.6 is 11.3 Å². The molecule has 0 atom stereocenters. The fourth-order valence-corrected chi connectivity index (χ4v) is 2.35. The number of aliphatic hydroxyl groups is 1. The van der Waals surface area contributed by atoms with Crippen LogP contribution in [0.3, 0.4) is 0 Å². The van der Waals surface area contributed by atoms with Gasteiger partial charge in [-0.05, 0) is 12.1 Å². The van der Waals surface area contributed by atoms with Gasteiger partial charge in [0.05, 0.1) is 35.0 Å². The Labute approximate surface area is 113 Å². The molecule has 0 bridgehead atoms. The van der Waals surface area contributed by atoms with Crippen molar-refractivity contribution in [3.63, 3.8) is 0 Å². The van der Waals surface area contributed by atoms with Gasteiger partial charge < -0.3 is 15.2 Å². The molecule has 0 spiro atoms. The van der Waals surface area contributed by atoms with Crippen LogP contribution in [0, 0.1) is 10.1 Å². The van der Waals surface area contributed by atoms with E-state index in [9.17, 15) is 10.1 Å². The summed E-state index contributed by atoms with van der Waals surface area (Å²) in [5.41, 5.74) is 2.40. The quantitative estimate of drug-likeness (QED) is 0.455. The lowest BCUT2D eigenvalue weighted by atomic mass is 10.2. The van der Waals surface area contributed by atoms with Gasteiger partial charge in [-0.15, -0.1) is 11.3 Å². The first-order chi connectivity index (χ1) is 9.24. The number of ether oxygens (including phenoxy) is 1. The second-order valence-electron chi connectivity index (χ2n) is 3.68. The lowest BCUT2D eigenvalue weighted by Gasteiger charge is -2.07. The number of nitro groups is 1. The summed E-state index contributed by atoms with van der Waals surface area (Å²) in [6, 6.07) is 3.47. The van der Waals surface area contributed by atoms with Crippen LogP contribution in [0.5, 0.6) is 0 Å². The molecule has 19 heavy (non-hydrogen) atoms. The number of fused-ring (bicyclic) bond motifs is 1. The third-order valence-electron chi connectivity index (χ3n) is 2.46. The Balaban J connectivity index is 2.13. The Bertz CT molecular complexity index is 572. The van der Waals surface area contributed by atoms with Crippen LogP contribution in [0.4, 0.5) is 11.4 Å². The minimum Gasteiger partial charge on any atom is -0.394 e. The molecule has 0 saturated carbocycles. The highest BCUT2D eigenvalue weighted by atomic mass is 32.1. The van der Waals surface area contributed by atoms with Gasteiger partial charge in [0.15, 0.2) is 5.52 Å². The van der Waals surface area contributed by atoms with Crippen molar-refractivity contribution in [1.82, 2.24) is 4.98 Å². The lowest BCUT2D eigenvalue weighted by molar-refractivity contribution is -0.382. The molecule has 0 fully saturated rings. The minimum absolute atomic E-state index is 0.0130. The van der Waals surface area contributed by atoms with E-state index < -0.39 is 4.92 Å². The van der Waals surface area contributed by atoms with Crippen molar-refractivity contribution in [1.29, 1.82) is 0 Å². The molecule has 0 radical (unpaired) electrons. The SMILES string of the molecule is O=[N+]([O-])c1c(NCCOCCO)ccc2scnc12. The maximum Gasteiger partial charge on any atom is 0.319 e. The van der Waals surface area contributed by atoms with E-state index in [1.165, 1.54) is 11.3 Å². The number of benzene rings is 1. The van der Waals surface area contributed by atoms with Crippen LogP contribution in [0.2, 0.25) is 0 Å². The monoisotopic (exact) mass is 283 g/mol. The topological polar surface area (TPSA) is 97.5 Å². The maximum atomic E-state index is 11.1. The number of thiazole rings is 1. The molecule has 2 rings (SSSR count). The highest BCUT2D eigenvalue weighted by Crippen LogP contribution is 2.34. The standard InChI is InChI=1S/C11H13N3O4S/c15-4-6-18-5-3-12-8-1-2-9-10(13-7-19-9)11(8)14(16)17/h1-2,7,12,15H,3-6H2. The van der Waals surface area contributed by atoms with Crippen LogP contribution in [-0.2, 0) is 4.74 Å². The summed E-state index contributed by atoms with van der Waals surface area (Å²) in [5, 5.41) is 22.6. The number of aliphatic hydroxyl groups excluding tert-OH is 1. The van der Waals surface area contributed by atoms with Gasteiger partial charge in [-0.25, -0.2) is 4.98 Å². The molecule has 1 aromatic heterocycles. The van der Waals surface area contributed by atoms with Crippen molar-refractivity contribution >= 4 is 32.9 Å². The van der Waals surface area contributed by atoms with Crippen molar-refractivity contribution in [2.75, 3.05) is 31.7 Å². The van der Waals surface area contributed by atoms with Crippen LogP contribution in [0.1, 0.15) is 0 Å². The molecule has 0 aliphatic heterocycles. The van der Waals surface area contributed by atoms with E-state index in [0.717, 1.165) is 4.70 Å². The number of nitrogens with one attached hydrogen (secondary N) is 1. The molecule has 7 nitrogen and oxygen atoms in total. The van der Waals surface area contributed by atoms with Gasteiger partial charge in [0.25, 0.3) is 0 Å². The molecule has 0 aliphatic carbocycles. The van der Waals surface area contributed by atoms with E-state index in [4.69, 9.17) is 9.84 Å². The first-order valence-electron chi connectivity index (χ1n) is 5.67. The first kappa shape index (κ1) is 13.7. The molecule has 1 aromatic carbocycles. The van der Waals surface area contributed by atoms with E-state index >= 15 is 0 Å². The average Bonchev–Trinajstić information content (AvgIpc) is 2.85. The Kier molecular flexibility index (Phi) is 4.61. The maximum absolute atomic E-state index is 11.1. The van der Waals surface area contributed by atoms with Crippen LogP contribution in [-0.4, -0.2) is 41.4 Å². The molecular formula is C11H13N3O4S. The Morgan fingerprint density at radius 2 is 2.32 bits per heavy atom. The van der Waals surface area contributed by atoms with E-state index in [0.29, 0.717) is 24.4 Å². The van der Waals surface area contributed by atoms with Crippen molar-refractivity contribution in [3.05, 3.63) is 27.8 Å². The number of anilines is 1. The van der Waals surface area contributed by atoms with E-state index in [1.807, 2.05) is 0 Å². The van der Waals surface area contributed by atoms with E-state index in [-0.39, 0.29) is 18.9 Å². The van der Waals surface area contributed by atoms with Crippen molar-refractivity contribution in [2.45, 2.75) is 0 Å². The fourth-order valence-electron chi connectivity index (χ4n) is 1.67. The Morgan fingerprint density at radius 1 is 1.47 bits per heavy atom. The average molecular weight is 283 g/mol. The molecule has 0 saturated heterocycles. The largest absolute Gasteiger partial charge is 0.394 e. The molecular weight excluding hydrogens is 270 g/mol. The van der Waals surface area contributed by atoms with Gasteiger partial charge in [0.2, 0.25) is 0 Å². The first-order valence-corrected chi connectivity index (χ1v) is 6.55. The van der Waals surface area contributed by atoms with E-state index in [1.54, 1.807) is 17.6 Å². The molecule has 0 unspecified atom stereocenters. The van der Waals surface area contributed by atoms with Crippen LogP contribution < -0.4 is 5.32 Å². The normalized spacial score (nSPS) is 10.8. The molecule has 102 valence electrons. The number of hydrogen-bond donors (Lipinski definition) is 2. The number of nitro benzene ring substituents is 1. The number of hydrogen-bond acceptors (Lipinski definition) is 7. The van der Waals surface area contributed by atoms with Crippen molar-refractivity contribution in [3.8, 4) is 0 Å². The Hall–Kier alpha value is -1.77. The minimum atomic E-state index is -0.432. The van der Waals surface area contributed by atoms with Gasteiger partial charge in [-0.3, -0.25) is 10.1 Å². The summed E-state index contributed by atoms with van der Waals surface area (Å²) in [5.74, 6) is 0. The molecule has 2 N–H and O–H groups in total. The summed E-state index contributed by atoms with van der Waals surface area (Å²) >= 11 is 1.37. The zero-order chi connectivity index (χ0) is 13.7. The molecule has 0 aliphatic rings. The second-order valence-corrected chi connectivity index (χ2v) is 4.57. The molecule has 2 aromatic rings. The lowest BCUT2D eigenvalue weighted by Crippen LogP contribution is -2.12. The van der Waals surface area contributed by atoms with Crippen LogP contribution in [0.15, 0.2) is 17.6 Å². The second kappa shape index (κ2) is 6.41. The zero-order valence-corrected chi connectivity index (χ0v) is 10.9. The zero-order valence-electron chi connectivity index (χ0n) is 10.0. The number of aromatic nitrogens is 1. The van der Waals surface area contributed by atoms with Crippen molar-refractivity contribution in [2.24, 2.45) is 0 Å². The molecule has 8 heteroatoms. The smallest absolute Gasteiger partial charge is 0.319 e. The van der Waals surface area contributed by atoms with Gasteiger partial charge in [0.1, 0.15) is 5.69 Å². The third kappa shape index (κ3) is 3.16. The van der Waals surface area contributed by atoms with Gasteiger partial charge >= 0.3 is 5.69 Å². The number of nitrogens with zero attached hydrogens (tertiary/aromatic N) is 2.